The van der Waals surface area contributed by atoms with Crippen molar-refractivity contribution in [3.05, 3.63) is 35.9 Å². The van der Waals surface area contributed by atoms with E-state index in [0.29, 0.717) is 6.29 Å². The van der Waals surface area contributed by atoms with Crippen molar-refractivity contribution in [3.8, 4) is 0 Å². The van der Waals surface area contributed by atoms with Crippen LogP contribution < -0.4 is 11.1 Å². The number of carbonyl (C=O) groups excluding carboxylic acids is 3. The summed E-state index contributed by atoms with van der Waals surface area (Å²) in [5.74, 6) is -0.646. The summed E-state index contributed by atoms with van der Waals surface area (Å²) in [6.07, 6.45) is -0.666. The first kappa shape index (κ1) is 13.9. The predicted octanol–water partition coefficient (Wildman–Crippen LogP) is 0.356. The molecule has 6 heteroatoms. The van der Waals surface area contributed by atoms with Gasteiger partial charge in [0, 0.05) is 6.42 Å². The van der Waals surface area contributed by atoms with Gasteiger partial charge in [-0.2, -0.15) is 0 Å². The summed E-state index contributed by atoms with van der Waals surface area (Å²) in [6, 6.07) is 8.13. The molecule has 1 rings (SSSR count). The fraction of sp³-hybridized carbons (Fsp3) is 0.250. The smallest absolute Gasteiger partial charge is 0.414 e. The Kier molecular flexibility index (Phi) is 5.53. The molecule has 1 atom stereocenters. The normalized spacial score (nSPS) is 11.4. The SMILES string of the molecule is NC(C=O)CC(=O)NC(=O)OCc1ccccc1. The molecule has 0 aliphatic carbocycles. The number of imide groups is 1. The first-order valence-electron chi connectivity index (χ1n) is 5.33. The van der Waals surface area contributed by atoms with Crippen LogP contribution in [-0.4, -0.2) is 24.3 Å². The molecular formula is C12H14N2O4. The van der Waals surface area contributed by atoms with Gasteiger partial charge >= 0.3 is 6.09 Å². The molecule has 3 N–H and O–H groups in total. The highest BCUT2D eigenvalue weighted by Gasteiger charge is 2.12. The molecule has 0 saturated heterocycles. The highest BCUT2D eigenvalue weighted by molar-refractivity contribution is 5.93. The molecule has 18 heavy (non-hydrogen) atoms. The third-order valence-corrected chi connectivity index (χ3v) is 2.05. The molecule has 0 aliphatic rings. The van der Waals surface area contributed by atoms with Gasteiger partial charge in [0.2, 0.25) is 5.91 Å². The largest absolute Gasteiger partial charge is 0.444 e. The van der Waals surface area contributed by atoms with E-state index in [1.807, 2.05) is 23.5 Å². The Morgan fingerprint density at radius 1 is 1.33 bits per heavy atom. The van der Waals surface area contributed by atoms with E-state index >= 15 is 0 Å². The number of ether oxygens (including phenoxy) is 1. The van der Waals surface area contributed by atoms with Crippen molar-refractivity contribution in [2.75, 3.05) is 0 Å². The Hall–Kier alpha value is -2.21. The van der Waals surface area contributed by atoms with Crippen LogP contribution in [0.1, 0.15) is 12.0 Å². The lowest BCUT2D eigenvalue weighted by molar-refractivity contribution is -0.122. The topological polar surface area (TPSA) is 98.5 Å². The van der Waals surface area contributed by atoms with Crippen LogP contribution in [-0.2, 0) is 20.9 Å². The molecule has 0 bridgehead atoms. The molecule has 6 nitrogen and oxygen atoms in total. The number of nitrogens with one attached hydrogen (secondary N) is 1. The Morgan fingerprint density at radius 2 is 2.00 bits per heavy atom. The van der Waals surface area contributed by atoms with E-state index in [1.165, 1.54) is 0 Å². The van der Waals surface area contributed by atoms with Gasteiger partial charge in [-0.1, -0.05) is 30.3 Å². The minimum absolute atomic E-state index is 0.0691. The minimum atomic E-state index is -0.910. The van der Waals surface area contributed by atoms with Crippen LogP contribution >= 0.6 is 0 Å². The number of benzene rings is 1. The first-order chi connectivity index (χ1) is 8.61. The summed E-state index contributed by atoms with van der Waals surface area (Å²) in [6.45, 7) is 0.0691. The monoisotopic (exact) mass is 250 g/mol. The molecule has 0 fully saturated rings. The van der Waals surface area contributed by atoms with Crippen molar-refractivity contribution in [3.63, 3.8) is 0 Å². The Balaban J connectivity index is 2.29. The van der Waals surface area contributed by atoms with Crippen molar-refractivity contribution in [1.82, 2.24) is 5.32 Å². The Labute approximate surface area is 104 Å². The number of alkyl carbamates (subject to hydrolysis) is 1. The van der Waals surface area contributed by atoms with E-state index in [0.717, 1.165) is 5.56 Å². The third-order valence-electron chi connectivity index (χ3n) is 2.05. The second kappa shape index (κ2) is 7.18. The summed E-state index contributed by atoms with van der Waals surface area (Å²) >= 11 is 0. The maximum Gasteiger partial charge on any atom is 0.414 e. The number of carbonyl (C=O) groups is 3. The summed E-state index contributed by atoms with van der Waals surface area (Å²) in [5.41, 5.74) is 6.04. The van der Waals surface area contributed by atoms with Crippen molar-refractivity contribution >= 4 is 18.3 Å². The van der Waals surface area contributed by atoms with Gasteiger partial charge in [-0.15, -0.1) is 0 Å². The van der Waals surface area contributed by atoms with Crippen LogP contribution in [0, 0.1) is 0 Å². The van der Waals surface area contributed by atoms with E-state index < -0.39 is 18.0 Å². The molecule has 96 valence electrons. The lowest BCUT2D eigenvalue weighted by Gasteiger charge is -2.07. The van der Waals surface area contributed by atoms with E-state index in [4.69, 9.17) is 10.5 Å². The summed E-state index contributed by atoms with van der Waals surface area (Å²) in [7, 11) is 0. The summed E-state index contributed by atoms with van der Waals surface area (Å²) in [5, 5.41) is 1.98. The minimum Gasteiger partial charge on any atom is -0.444 e. The number of rotatable bonds is 5. The van der Waals surface area contributed by atoms with Crippen LogP contribution in [0.2, 0.25) is 0 Å². The molecule has 1 aromatic rings. The average molecular weight is 250 g/mol. The number of amides is 2. The van der Waals surface area contributed by atoms with Crippen LogP contribution in [0.5, 0.6) is 0 Å². The average Bonchev–Trinajstić information content (AvgIpc) is 2.37. The lowest BCUT2D eigenvalue weighted by Crippen LogP contribution is -2.36. The fourth-order valence-corrected chi connectivity index (χ4v) is 1.19. The molecule has 0 heterocycles. The van der Waals surface area contributed by atoms with Crippen molar-refractivity contribution in [2.45, 2.75) is 19.1 Å². The Morgan fingerprint density at radius 3 is 2.61 bits per heavy atom. The second-order valence-electron chi connectivity index (χ2n) is 3.61. The van der Waals surface area contributed by atoms with E-state index in [2.05, 4.69) is 0 Å². The van der Waals surface area contributed by atoms with Gasteiger partial charge in [-0.3, -0.25) is 10.1 Å². The zero-order chi connectivity index (χ0) is 13.4. The molecular weight excluding hydrogens is 236 g/mol. The maximum atomic E-state index is 11.2. The second-order valence-corrected chi connectivity index (χ2v) is 3.61. The number of nitrogens with two attached hydrogens (primary N) is 1. The highest BCUT2D eigenvalue weighted by atomic mass is 16.5. The predicted molar refractivity (Wildman–Crippen MR) is 63.4 cm³/mol. The van der Waals surface area contributed by atoms with Crippen LogP contribution in [0.4, 0.5) is 4.79 Å². The van der Waals surface area contributed by atoms with Gasteiger partial charge in [0.25, 0.3) is 0 Å². The molecule has 0 radical (unpaired) electrons. The van der Waals surface area contributed by atoms with Gasteiger partial charge in [0.05, 0.1) is 6.04 Å². The molecule has 0 spiro atoms. The zero-order valence-corrected chi connectivity index (χ0v) is 9.67. The summed E-state index contributed by atoms with van der Waals surface area (Å²) in [4.78, 5) is 32.6. The molecule has 2 amide bonds. The van der Waals surface area contributed by atoms with Gasteiger partial charge < -0.3 is 15.3 Å². The zero-order valence-electron chi connectivity index (χ0n) is 9.67. The Bertz CT molecular complexity index is 419. The fourth-order valence-electron chi connectivity index (χ4n) is 1.19. The lowest BCUT2D eigenvalue weighted by atomic mass is 10.2. The van der Waals surface area contributed by atoms with Crippen LogP contribution in [0.25, 0.3) is 0 Å². The molecule has 0 saturated carbocycles. The maximum absolute atomic E-state index is 11.2. The number of hydrogen-bond donors (Lipinski definition) is 2. The first-order valence-corrected chi connectivity index (χ1v) is 5.33. The van der Waals surface area contributed by atoms with E-state index in [1.54, 1.807) is 12.1 Å². The molecule has 0 aromatic heterocycles. The van der Waals surface area contributed by atoms with Gasteiger partial charge in [-0.25, -0.2) is 4.79 Å². The van der Waals surface area contributed by atoms with Crippen molar-refractivity contribution in [1.29, 1.82) is 0 Å². The molecule has 1 unspecified atom stereocenters. The third kappa shape index (κ3) is 5.22. The van der Waals surface area contributed by atoms with Gasteiger partial charge in [-0.05, 0) is 5.56 Å². The van der Waals surface area contributed by atoms with Gasteiger partial charge in [0.15, 0.2) is 0 Å². The van der Waals surface area contributed by atoms with Crippen molar-refractivity contribution in [2.24, 2.45) is 5.73 Å². The van der Waals surface area contributed by atoms with Crippen molar-refractivity contribution < 1.29 is 19.1 Å². The number of hydrogen-bond acceptors (Lipinski definition) is 5. The van der Waals surface area contributed by atoms with Gasteiger partial charge in [0.1, 0.15) is 12.9 Å². The quantitative estimate of drug-likeness (QED) is 0.735. The molecule has 0 aliphatic heterocycles. The summed E-state index contributed by atoms with van der Waals surface area (Å²) < 4.78 is 4.81. The standard InChI is InChI=1S/C12H14N2O4/c13-10(7-15)6-11(16)14-12(17)18-8-9-4-2-1-3-5-9/h1-5,7,10H,6,8,13H2,(H,14,16,17). The molecule has 1 aromatic carbocycles. The van der Waals surface area contributed by atoms with E-state index in [9.17, 15) is 14.4 Å². The highest BCUT2D eigenvalue weighted by Crippen LogP contribution is 2.00. The van der Waals surface area contributed by atoms with Crippen LogP contribution in [0.3, 0.4) is 0 Å². The number of aldehydes is 1. The van der Waals surface area contributed by atoms with Crippen LogP contribution in [0.15, 0.2) is 30.3 Å². The van der Waals surface area contributed by atoms with E-state index in [-0.39, 0.29) is 13.0 Å².